The predicted octanol–water partition coefficient (Wildman–Crippen LogP) is 4.93. The van der Waals surface area contributed by atoms with E-state index < -0.39 is 10.0 Å². The predicted molar refractivity (Wildman–Crippen MR) is 129 cm³/mol. The largest absolute Gasteiger partial charge is 0.381 e. The summed E-state index contributed by atoms with van der Waals surface area (Å²) in [5, 5.41) is 5.41. The first-order valence-corrected chi connectivity index (χ1v) is 12.8. The Morgan fingerprint density at radius 1 is 1.12 bits per heavy atom. The molecular weight excluding hydrogens is 422 g/mol. The lowest BCUT2D eigenvalue weighted by molar-refractivity contribution is 0.0605. The van der Waals surface area contributed by atoms with Crippen LogP contribution in [0.3, 0.4) is 0 Å². The van der Waals surface area contributed by atoms with Crippen molar-refractivity contribution in [3.8, 4) is 0 Å². The fraction of sp³-hybridized carbons (Fsp3) is 0.480. The van der Waals surface area contributed by atoms with E-state index in [1.54, 1.807) is 22.6 Å². The van der Waals surface area contributed by atoms with Crippen molar-refractivity contribution in [3.63, 3.8) is 0 Å². The number of sulfonamides is 1. The standard InChI is InChI=1S/C25H33N3O3S/c1-18(2)16-28(24-7-5-19(3)13-20(24)4)32(29,30)23-6-8-25-22(14-23)15-26-27(25)17-21-9-11-31-12-10-21/h5-8,13-15,18,21H,9-12,16-17H2,1-4H3. The van der Waals surface area contributed by atoms with Gasteiger partial charge in [-0.2, -0.15) is 5.10 Å². The minimum atomic E-state index is -3.71. The van der Waals surface area contributed by atoms with Crippen LogP contribution in [0.4, 0.5) is 5.69 Å². The molecule has 0 amide bonds. The Bertz CT molecular complexity index is 1190. The number of ether oxygens (including phenoxy) is 1. The average molecular weight is 456 g/mol. The monoisotopic (exact) mass is 455 g/mol. The lowest BCUT2D eigenvalue weighted by atomic mass is 10.0. The van der Waals surface area contributed by atoms with Gasteiger partial charge in [0.1, 0.15) is 0 Å². The third kappa shape index (κ3) is 4.69. The third-order valence-corrected chi connectivity index (χ3v) is 7.90. The second-order valence-electron chi connectivity index (χ2n) is 9.32. The fourth-order valence-electron chi connectivity index (χ4n) is 4.41. The van der Waals surface area contributed by atoms with Crippen molar-refractivity contribution in [2.24, 2.45) is 11.8 Å². The van der Waals surface area contributed by atoms with Crippen molar-refractivity contribution in [3.05, 3.63) is 53.7 Å². The van der Waals surface area contributed by atoms with Crippen LogP contribution >= 0.6 is 0 Å². The number of fused-ring (bicyclic) bond motifs is 1. The van der Waals surface area contributed by atoms with E-state index in [9.17, 15) is 8.42 Å². The Morgan fingerprint density at radius 3 is 2.56 bits per heavy atom. The molecule has 0 spiro atoms. The highest BCUT2D eigenvalue weighted by atomic mass is 32.2. The number of hydrogen-bond donors (Lipinski definition) is 0. The first-order chi connectivity index (χ1) is 15.3. The van der Waals surface area contributed by atoms with Crippen molar-refractivity contribution in [2.75, 3.05) is 24.1 Å². The molecule has 172 valence electrons. The fourth-order valence-corrected chi connectivity index (χ4v) is 6.14. The van der Waals surface area contributed by atoms with Gasteiger partial charge >= 0.3 is 0 Å². The zero-order chi connectivity index (χ0) is 22.9. The van der Waals surface area contributed by atoms with E-state index in [1.165, 1.54) is 0 Å². The molecule has 0 saturated carbocycles. The Balaban J connectivity index is 1.68. The third-order valence-electron chi connectivity index (χ3n) is 6.13. The molecule has 2 heterocycles. The van der Waals surface area contributed by atoms with Crippen molar-refractivity contribution >= 4 is 26.6 Å². The summed E-state index contributed by atoms with van der Waals surface area (Å²) in [6, 6.07) is 11.3. The Kier molecular flexibility index (Phi) is 6.58. The summed E-state index contributed by atoms with van der Waals surface area (Å²) in [7, 11) is -3.71. The van der Waals surface area contributed by atoms with Gasteiger partial charge in [0, 0.05) is 31.7 Å². The minimum Gasteiger partial charge on any atom is -0.381 e. The quantitative estimate of drug-likeness (QED) is 0.507. The number of hydrogen-bond acceptors (Lipinski definition) is 4. The van der Waals surface area contributed by atoms with E-state index in [4.69, 9.17) is 4.74 Å². The molecule has 0 N–H and O–H groups in total. The molecule has 4 rings (SSSR count). The lowest BCUT2D eigenvalue weighted by Crippen LogP contribution is -2.34. The Morgan fingerprint density at radius 2 is 1.88 bits per heavy atom. The molecule has 1 aliphatic heterocycles. The van der Waals surface area contributed by atoms with Gasteiger partial charge in [-0.25, -0.2) is 8.42 Å². The van der Waals surface area contributed by atoms with E-state index in [2.05, 4.69) is 5.10 Å². The maximum Gasteiger partial charge on any atom is 0.264 e. The number of aromatic nitrogens is 2. The molecule has 7 heteroatoms. The molecule has 6 nitrogen and oxygen atoms in total. The van der Waals surface area contributed by atoms with Crippen LogP contribution in [0.25, 0.3) is 10.9 Å². The first kappa shape index (κ1) is 22.8. The molecule has 0 atom stereocenters. The summed E-state index contributed by atoms with van der Waals surface area (Å²) in [6.07, 6.45) is 3.85. The molecule has 0 unspecified atom stereocenters. The minimum absolute atomic E-state index is 0.191. The van der Waals surface area contributed by atoms with Gasteiger partial charge in [-0.1, -0.05) is 31.5 Å². The smallest absolute Gasteiger partial charge is 0.264 e. The summed E-state index contributed by atoms with van der Waals surface area (Å²) < 4.78 is 36.5. The molecule has 0 aliphatic carbocycles. The van der Waals surface area contributed by atoms with Gasteiger partial charge in [-0.05, 0) is 68.4 Å². The van der Waals surface area contributed by atoms with E-state index in [1.807, 2.05) is 56.6 Å². The van der Waals surface area contributed by atoms with Gasteiger partial charge in [0.2, 0.25) is 0 Å². The van der Waals surface area contributed by atoms with Crippen LogP contribution in [0.1, 0.15) is 37.8 Å². The van der Waals surface area contributed by atoms with Gasteiger partial charge in [0.15, 0.2) is 0 Å². The van der Waals surface area contributed by atoms with Gasteiger partial charge in [-0.15, -0.1) is 0 Å². The lowest BCUT2D eigenvalue weighted by Gasteiger charge is -2.28. The van der Waals surface area contributed by atoms with Crippen LogP contribution < -0.4 is 4.31 Å². The number of rotatable bonds is 7. The van der Waals surface area contributed by atoms with E-state index in [0.29, 0.717) is 17.4 Å². The van der Waals surface area contributed by atoms with E-state index in [0.717, 1.165) is 60.3 Å². The zero-order valence-corrected chi connectivity index (χ0v) is 20.2. The van der Waals surface area contributed by atoms with Gasteiger partial charge < -0.3 is 4.74 Å². The molecule has 0 bridgehead atoms. The number of nitrogens with zero attached hydrogens (tertiary/aromatic N) is 3. The number of aryl methyl sites for hydroxylation is 2. The Labute approximate surface area is 191 Å². The van der Waals surface area contributed by atoms with Gasteiger partial charge in [-0.3, -0.25) is 8.99 Å². The maximum absolute atomic E-state index is 13.8. The summed E-state index contributed by atoms with van der Waals surface area (Å²) >= 11 is 0. The molecule has 32 heavy (non-hydrogen) atoms. The molecule has 2 aromatic carbocycles. The molecule has 1 fully saturated rings. The highest BCUT2D eigenvalue weighted by molar-refractivity contribution is 7.92. The molecular formula is C25H33N3O3S. The molecule has 3 aromatic rings. The van der Waals surface area contributed by atoms with Crippen molar-refractivity contribution < 1.29 is 13.2 Å². The van der Waals surface area contributed by atoms with Gasteiger partial charge in [0.25, 0.3) is 10.0 Å². The molecule has 1 saturated heterocycles. The van der Waals surface area contributed by atoms with Crippen LogP contribution in [-0.2, 0) is 21.3 Å². The highest BCUT2D eigenvalue weighted by Gasteiger charge is 2.27. The van der Waals surface area contributed by atoms with Crippen molar-refractivity contribution in [1.82, 2.24) is 9.78 Å². The van der Waals surface area contributed by atoms with Crippen LogP contribution in [0, 0.1) is 25.7 Å². The Hall–Kier alpha value is -2.38. The van der Waals surface area contributed by atoms with Crippen molar-refractivity contribution in [2.45, 2.75) is 52.0 Å². The molecule has 0 radical (unpaired) electrons. The van der Waals surface area contributed by atoms with Crippen molar-refractivity contribution in [1.29, 1.82) is 0 Å². The van der Waals surface area contributed by atoms with E-state index in [-0.39, 0.29) is 5.92 Å². The number of anilines is 1. The topological polar surface area (TPSA) is 64.4 Å². The summed E-state index contributed by atoms with van der Waals surface area (Å²) in [4.78, 5) is 0.302. The summed E-state index contributed by atoms with van der Waals surface area (Å²) in [5.74, 6) is 0.734. The van der Waals surface area contributed by atoms with E-state index >= 15 is 0 Å². The van der Waals surface area contributed by atoms with Crippen LogP contribution in [0.5, 0.6) is 0 Å². The second kappa shape index (κ2) is 9.24. The summed E-state index contributed by atoms with van der Waals surface area (Å²) in [6.45, 7) is 10.9. The highest BCUT2D eigenvalue weighted by Crippen LogP contribution is 2.30. The SMILES string of the molecule is Cc1ccc(N(CC(C)C)S(=O)(=O)c2ccc3c(cnn3CC3CCOCC3)c2)c(C)c1. The first-order valence-electron chi connectivity index (χ1n) is 11.4. The molecule has 1 aromatic heterocycles. The number of benzene rings is 2. The second-order valence-corrected chi connectivity index (χ2v) is 11.2. The van der Waals surface area contributed by atoms with Crippen LogP contribution in [-0.4, -0.2) is 38.0 Å². The molecule has 1 aliphatic rings. The maximum atomic E-state index is 13.8. The van der Waals surface area contributed by atoms with Crippen LogP contribution in [0.15, 0.2) is 47.5 Å². The van der Waals surface area contributed by atoms with Gasteiger partial charge in [0.05, 0.1) is 22.3 Å². The average Bonchev–Trinajstić information content (AvgIpc) is 3.15. The van der Waals surface area contributed by atoms with Crippen LogP contribution in [0.2, 0.25) is 0 Å². The zero-order valence-electron chi connectivity index (χ0n) is 19.4. The summed E-state index contributed by atoms with van der Waals surface area (Å²) in [5.41, 5.74) is 3.78. The normalized spacial score (nSPS) is 15.5.